The average molecular weight is 487 g/mol. The molecule has 34 heavy (non-hydrogen) atoms. The maximum atomic E-state index is 13.8. The van der Waals surface area contributed by atoms with Crippen molar-refractivity contribution in [2.75, 3.05) is 30.4 Å². The van der Waals surface area contributed by atoms with E-state index in [1.54, 1.807) is 24.1 Å². The van der Waals surface area contributed by atoms with Gasteiger partial charge in [-0.25, -0.2) is 14.1 Å². The zero-order chi connectivity index (χ0) is 23.8. The van der Waals surface area contributed by atoms with Crippen molar-refractivity contribution in [3.63, 3.8) is 0 Å². The number of fused-ring (bicyclic) bond motifs is 2. The fraction of sp³-hybridized carbons (Fsp3) is 0.458. The molecule has 3 heterocycles. The first-order chi connectivity index (χ1) is 16.4. The summed E-state index contributed by atoms with van der Waals surface area (Å²) in [6.07, 6.45) is 4.09. The highest BCUT2D eigenvalue weighted by Gasteiger charge is 2.42. The van der Waals surface area contributed by atoms with E-state index in [9.17, 15) is 4.39 Å². The first-order valence-electron chi connectivity index (χ1n) is 11.5. The van der Waals surface area contributed by atoms with Crippen LogP contribution in [0.5, 0.6) is 17.6 Å². The standard InChI is InChI=1S/C24H28ClFN6O2/c1-14(2)32-24(34-20-9-17(25)8-18(26)10-20)29-23(30-32)28-22-15-4-5-16(22)13-31(12-15)19-6-7-27-21(11-19)33-3/h6-11,14-16,22H,4-5,12-13H2,1-3H3,(H,28,30)/t15-,16-/m1/s1. The Hall–Kier alpha value is -3.07. The van der Waals surface area contributed by atoms with Crippen molar-refractivity contribution < 1.29 is 13.9 Å². The van der Waals surface area contributed by atoms with Gasteiger partial charge in [-0.3, -0.25) is 0 Å². The second kappa shape index (κ2) is 9.29. The monoisotopic (exact) mass is 486 g/mol. The number of pyridine rings is 1. The van der Waals surface area contributed by atoms with E-state index in [1.165, 1.54) is 12.1 Å². The number of hydrogen-bond acceptors (Lipinski definition) is 7. The second-order valence-corrected chi connectivity index (χ2v) is 9.63. The van der Waals surface area contributed by atoms with E-state index in [1.807, 2.05) is 26.0 Å². The maximum absolute atomic E-state index is 13.8. The van der Waals surface area contributed by atoms with Gasteiger partial charge in [0.2, 0.25) is 11.8 Å². The Morgan fingerprint density at radius 3 is 2.59 bits per heavy atom. The normalized spacial score (nSPS) is 21.7. The number of ether oxygens (including phenoxy) is 2. The lowest BCUT2D eigenvalue weighted by atomic mass is 9.92. The Morgan fingerprint density at radius 1 is 1.15 bits per heavy atom. The summed E-state index contributed by atoms with van der Waals surface area (Å²) in [7, 11) is 1.64. The molecule has 1 aliphatic heterocycles. The van der Waals surface area contributed by atoms with Crippen molar-refractivity contribution in [3.05, 3.63) is 47.4 Å². The predicted molar refractivity (Wildman–Crippen MR) is 129 cm³/mol. The summed E-state index contributed by atoms with van der Waals surface area (Å²) in [6.45, 7) is 5.87. The van der Waals surface area contributed by atoms with Gasteiger partial charge in [0.15, 0.2) is 0 Å². The molecule has 2 atom stereocenters. The van der Waals surface area contributed by atoms with Crippen LogP contribution in [0, 0.1) is 17.7 Å². The molecular weight excluding hydrogens is 459 g/mol. The minimum atomic E-state index is -0.466. The topological polar surface area (TPSA) is 77.3 Å². The Labute approximate surface area is 203 Å². The number of nitrogens with one attached hydrogen (secondary N) is 1. The highest BCUT2D eigenvalue weighted by Crippen LogP contribution is 2.40. The van der Waals surface area contributed by atoms with Crippen LogP contribution in [0.25, 0.3) is 0 Å². The molecule has 2 aliphatic rings. The third-order valence-electron chi connectivity index (χ3n) is 6.56. The zero-order valence-electron chi connectivity index (χ0n) is 19.4. The number of aromatic nitrogens is 4. The summed E-state index contributed by atoms with van der Waals surface area (Å²) in [5.41, 5.74) is 1.13. The molecule has 1 saturated carbocycles. The zero-order valence-corrected chi connectivity index (χ0v) is 20.2. The number of rotatable bonds is 7. The van der Waals surface area contributed by atoms with Crippen LogP contribution in [-0.2, 0) is 0 Å². The highest BCUT2D eigenvalue weighted by atomic mass is 35.5. The Morgan fingerprint density at radius 2 is 1.91 bits per heavy atom. The molecule has 2 fully saturated rings. The molecule has 2 aromatic heterocycles. The van der Waals surface area contributed by atoms with Gasteiger partial charge in [0.05, 0.1) is 13.2 Å². The van der Waals surface area contributed by atoms with E-state index in [-0.39, 0.29) is 22.9 Å². The van der Waals surface area contributed by atoms with Gasteiger partial charge < -0.3 is 19.7 Å². The van der Waals surface area contributed by atoms with E-state index in [2.05, 4.69) is 25.3 Å². The third-order valence-corrected chi connectivity index (χ3v) is 6.77. The van der Waals surface area contributed by atoms with Crippen molar-refractivity contribution in [1.29, 1.82) is 0 Å². The molecule has 0 unspecified atom stereocenters. The molecular formula is C24H28ClFN6O2. The number of halogens is 2. The van der Waals surface area contributed by atoms with Crippen molar-refractivity contribution in [2.24, 2.45) is 11.8 Å². The van der Waals surface area contributed by atoms with Gasteiger partial charge in [0, 0.05) is 48.2 Å². The summed E-state index contributed by atoms with van der Waals surface area (Å²) >= 11 is 5.98. The molecule has 5 rings (SSSR count). The molecule has 0 amide bonds. The van der Waals surface area contributed by atoms with Gasteiger partial charge in [-0.05, 0) is 56.7 Å². The number of anilines is 2. The smallest absolute Gasteiger partial charge is 0.322 e. The summed E-state index contributed by atoms with van der Waals surface area (Å²) < 4.78 is 26.6. The average Bonchev–Trinajstić information content (AvgIpc) is 3.29. The van der Waals surface area contributed by atoms with Gasteiger partial charge in [-0.2, -0.15) is 4.98 Å². The lowest BCUT2D eigenvalue weighted by Crippen LogP contribution is -2.48. The number of hydrogen-bond donors (Lipinski definition) is 1. The molecule has 1 saturated heterocycles. The molecule has 0 radical (unpaired) electrons. The molecule has 1 aromatic carbocycles. The number of benzene rings is 1. The fourth-order valence-electron chi connectivity index (χ4n) is 4.99. The van der Waals surface area contributed by atoms with Gasteiger partial charge >= 0.3 is 6.01 Å². The van der Waals surface area contributed by atoms with Gasteiger partial charge in [0.1, 0.15) is 11.6 Å². The molecule has 2 bridgehead atoms. The van der Waals surface area contributed by atoms with Crippen LogP contribution in [0.3, 0.4) is 0 Å². The molecule has 180 valence electrons. The summed E-state index contributed by atoms with van der Waals surface area (Å²) in [5, 5.41) is 8.48. The Balaban J connectivity index is 1.32. The minimum absolute atomic E-state index is 0.0160. The van der Waals surface area contributed by atoms with E-state index in [0.717, 1.165) is 31.6 Å². The largest absolute Gasteiger partial charge is 0.481 e. The van der Waals surface area contributed by atoms with Gasteiger partial charge in [-0.1, -0.05) is 11.6 Å². The van der Waals surface area contributed by atoms with Crippen molar-refractivity contribution in [2.45, 2.75) is 38.8 Å². The number of nitrogens with zero attached hydrogens (tertiary/aromatic N) is 5. The van der Waals surface area contributed by atoms with Crippen LogP contribution >= 0.6 is 11.6 Å². The second-order valence-electron chi connectivity index (χ2n) is 9.19. The van der Waals surface area contributed by atoms with Crippen LogP contribution in [0.2, 0.25) is 5.02 Å². The van der Waals surface area contributed by atoms with E-state index >= 15 is 0 Å². The van der Waals surface area contributed by atoms with E-state index in [4.69, 9.17) is 21.1 Å². The SMILES string of the molecule is COc1cc(N2C[C@H]3CC[C@H](C2)C3Nc2nc(Oc3cc(F)cc(Cl)c3)n(C(C)C)n2)ccn1. The lowest BCUT2D eigenvalue weighted by Gasteiger charge is -2.39. The van der Waals surface area contributed by atoms with E-state index < -0.39 is 5.82 Å². The highest BCUT2D eigenvalue weighted by molar-refractivity contribution is 6.30. The third kappa shape index (κ3) is 4.61. The summed E-state index contributed by atoms with van der Waals surface area (Å²) in [4.78, 5) is 11.2. The van der Waals surface area contributed by atoms with Crippen LogP contribution in [-0.4, -0.2) is 46.0 Å². The van der Waals surface area contributed by atoms with Gasteiger partial charge in [-0.15, -0.1) is 5.10 Å². The Kier molecular flexibility index (Phi) is 6.20. The van der Waals surface area contributed by atoms with Crippen LogP contribution in [0.1, 0.15) is 32.7 Å². The molecule has 0 spiro atoms. The Bertz CT molecular complexity index is 1140. The predicted octanol–water partition coefficient (Wildman–Crippen LogP) is 5.17. The summed E-state index contributed by atoms with van der Waals surface area (Å²) in [5.74, 6) is 1.90. The van der Waals surface area contributed by atoms with Crippen LogP contribution < -0.4 is 19.7 Å². The number of methoxy groups -OCH3 is 1. The molecule has 1 N–H and O–H groups in total. The van der Waals surface area contributed by atoms with Crippen molar-refractivity contribution >= 4 is 23.2 Å². The minimum Gasteiger partial charge on any atom is -0.481 e. The van der Waals surface area contributed by atoms with Crippen molar-refractivity contribution in [1.82, 2.24) is 19.7 Å². The first-order valence-corrected chi connectivity index (χ1v) is 11.9. The lowest BCUT2D eigenvalue weighted by molar-refractivity contribution is 0.372. The quantitative estimate of drug-likeness (QED) is 0.493. The maximum Gasteiger partial charge on any atom is 0.322 e. The molecule has 8 nitrogen and oxygen atoms in total. The van der Waals surface area contributed by atoms with E-state index in [0.29, 0.717) is 29.7 Å². The number of piperidine rings is 1. The summed E-state index contributed by atoms with van der Waals surface area (Å²) in [6, 6.07) is 8.68. The van der Waals surface area contributed by atoms with Crippen molar-refractivity contribution in [3.8, 4) is 17.6 Å². The molecule has 1 aliphatic carbocycles. The van der Waals surface area contributed by atoms with Gasteiger partial charge in [0.25, 0.3) is 0 Å². The molecule has 10 heteroatoms. The molecule has 3 aromatic rings. The van der Waals surface area contributed by atoms with Crippen LogP contribution in [0.15, 0.2) is 36.5 Å². The van der Waals surface area contributed by atoms with Crippen LogP contribution in [0.4, 0.5) is 16.0 Å². The fourth-order valence-corrected chi connectivity index (χ4v) is 5.21. The first kappa shape index (κ1) is 22.7.